The minimum atomic E-state index is -0.101. The Morgan fingerprint density at radius 3 is 2.47 bits per heavy atom. The molecule has 0 saturated heterocycles. The zero-order chi connectivity index (χ0) is 14.0. The monoisotopic (exact) mass is 302 g/mol. The molecule has 1 aliphatic rings. The maximum absolute atomic E-state index is 11.3. The van der Waals surface area contributed by atoms with Crippen LogP contribution in [0.2, 0.25) is 10.0 Å². The predicted molar refractivity (Wildman–Crippen MR) is 74.9 cm³/mol. The Balaban J connectivity index is 1.93. The Kier molecular flexibility index (Phi) is 4.58. The quantitative estimate of drug-likeness (QED) is 0.777. The summed E-state index contributed by atoms with van der Waals surface area (Å²) in [5, 5.41) is 1.04. The van der Waals surface area contributed by atoms with E-state index in [-0.39, 0.29) is 11.9 Å². The summed E-state index contributed by atoms with van der Waals surface area (Å²) < 4.78 is 9.83. The molecule has 1 aromatic rings. The summed E-state index contributed by atoms with van der Waals surface area (Å²) >= 11 is 12.2. The molecule has 0 aliphatic heterocycles. The van der Waals surface area contributed by atoms with Gasteiger partial charge in [0.2, 0.25) is 0 Å². The van der Waals surface area contributed by atoms with E-state index in [1.165, 1.54) is 14.2 Å². The zero-order valence-corrected chi connectivity index (χ0v) is 12.4. The van der Waals surface area contributed by atoms with Crippen LogP contribution in [0.25, 0.3) is 0 Å². The van der Waals surface area contributed by atoms with Crippen molar-refractivity contribution in [3.8, 4) is 5.75 Å². The second kappa shape index (κ2) is 6.02. The molecule has 0 spiro atoms. The maximum Gasteiger partial charge on any atom is 0.308 e. The van der Waals surface area contributed by atoms with Crippen molar-refractivity contribution in [2.75, 3.05) is 14.2 Å². The molecule has 2 atom stereocenters. The summed E-state index contributed by atoms with van der Waals surface area (Å²) in [4.78, 5) is 11.3. The molecule has 1 saturated carbocycles. The number of esters is 1. The molecule has 0 N–H and O–H groups in total. The lowest BCUT2D eigenvalue weighted by atomic mass is 10.1. The molecule has 5 heteroatoms. The van der Waals surface area contributed by atoms with Gasteiger partial charge in [0.15, 0.2) is 5.75 Å². The number of rotatable bonds is 5. The highest BCUT2D eigenvalue weighted by atomic mass is 35.5. The lowest BCUT2D eigenvalue weighted by Crippen LogP contribution is -2.04. The Bertz CT molecular complexity index is 465. The van der Waals surface area contributed by atoms with Crippen molar-refractivity contribution in [2.24, 2.45) is 11.8 Å². The van der Waals surface area contributed by atoms with Crippen LogP contribution >= 0.6 is 23.2 Å². The van der Waals surface area contributed by atoms with E-state index in [1.54, 1.807) is 0 Å². The van der Waals surface area contributed by atoms with Gasteiger partial charge in [-0.1, -0.05) is 23.2 Å². The molecule has 0 heterocycles. The van der Waals surface area contributed by atoms with Crippen molar-refractivity contribution < 1.29 is 14.3 Å². The largest absolute Gasteiger partial charge is 0.494 e. The van der Waals surface area contributed by atoms with Gasteiger partial charge in [0.25, 0.3) is 0 Å². The summed E-state index contributed by atoms with van der Waals surface area (Å²) in [7, 11) is 2.97. The molecule has 1 aromatic carbocycles. The Hall–Kier alpha value is -0.930. The van der Waals surface area contributed by atoms with Gasteiger partial charge in [0, 0.05) is 0 Å². The van der Waals surface area contributed by atoms with Gasteiger partial charge in [-0.3, -0.25) is 4.79 Å². The molecule has 1 aliphatic carbocycles. The third-order valence-electron chi connectivity index (χ3n) is 3.49. The standard InChI is InChI=1S/C14H16Cl2O3/c1-18-13-11(15)5-8(6-12(13)16)3-4-9-7-10(9)14(17)19-2/h5-6,9-10H,3-4,7H2,1-2H3. The normalized spacial score (nSPS) is 21.1. The Morgan fingerprint density at radius 1 is 1.32 bits per heavy atom. The number of hydrogen-bond donors (Lipinski definition) is 0. The number of aryl methyl sites for hydroxylation is 1. The van der Waals surface area contributed by atoms with E-state index >= 15 is 0 Å². The molecular weight excluding hydrogens is 287 g/mol. The topological polar surface area (TPSA) is 35.5 Å². The van der Waals surface area contributed by atoms with E-state index in [0.29, 0.717) is 21.7 Å². The van der Waals surface area contributed by atoms with E-state index in [1.807, 2.05) is 12.1 Å². The molecule has 104 valence electrons. The number of carbonyl (C=O) groups is 1. The summed E-state index contributed by atoms with van der Waals surface area (Å²) in [5.74, 6) is 0.906. The van der Waals surface area contributed by atoms with Gasteiger partial charge in [-0.25, -0.2) is 0 Å². The third-order valence-corrected chi connectivity index (χ3v) is 4.05. The molecule has 0 bridgehead atoms. The number of ether oxygens (including phenoxy) is 2. The second-order valence-corrected chi connectivity index (χ2v) is 5.57. The van der Waals surface area contributed by atoms with Crippen LogP contribution in [0.1, 0.15) is 18.4 Å². The number of methoxy groups -OCH3 is 2. The van der Waals surface area contributed by atoms with E-state index in [9.17, 15) is 4.79 Å². The summed E-state index contributed by atoms with van der Waals surface area (Å²) in [6.45, 7) is 0. The fourth-order valence-corrected chi connectivity index (χ4v) is 3.00. The summed E-state index contributed by atoms with van der Waals surface area (Å²) in [5.41, 5.74) is 1.06. The van der Waals surface area contributed by atoms with E-state index in [4.69, 9.17) is 32.7 Å². The van der Waals surface area contributed by atoms with Gasteiger partial charge in [-0.05, 0) is 42.9 Å². The van der Waals surface area contributed by atoms with Gasteiger partial charge < -0.3 is 9.47 Å². The average molecular weight is 303 g/mol. The number of benzene rings is 1. The van der Waals surface area contributed by atoms with Crippen molar-refractivity contribution in [3.05, 3.63) is 27.7 Å². The summed E-state index contributed by atoms with van der Waals surface area (Å²) in [6, 6.07) is 3.73. The lowest BCUT2D eigenvalue weighted by Gasteiger charge is -2.08. The molecule has 0 radical (unpaired) electrons. The van der Waals surface area contributed by atoms with Crippen LogP contribution in [0.5, 0.6) is 5.75 Å². The first-order valence-electron chi connectivity index (χ1n) is 6.16. The smallest absolute Gasteiger partial charge is 0.308 e. The number of halogens is 2. The van der Waals surface area contributed by atoms with Crippen molar-refractivity contribution in [3.63, 3.8) is 0 Å². The molecule has 19 heavy (non-hydrogen) atoms. The molecule has 0 amide bonds. The van der Waals surface area contributed by atoms with Gasteiger partial charge in [-0.2, -0.15) is 0 Å². The average Bonchev–Trinajstić information content (AvgIpc) is 3.14. The highest BCUT2D eigenvalue weighted by Gasteiger charge is 2.43. The Labute approximate surface area is 122 Å². The van der Waals surface area contributed by atoms with Crippen LogP contribution in [0.15, 0.2) is 12.1 Å². The van der Waals surface area contributed by atoms with E-state index < -0.39 is 0 Å². The molecule has 2 unspecified atom stereocenters. The minimum Gasteiger partial charge on any atom is -0.494 e. The summed E-state index contributed by atoms with van der Waals surface area (Å²) in [6.07, 6.45) is 2.71. The van der Waals surface area contributed by atoms with Gasteiger partial charge in [0.05, 0.1) is 30.2 Å². The Morgan fingerprint density at radius 2 is 1.95 bits per heavy atom. The molecule has 3 nitrogen and oxygen atoms in total. The van der Waals surface area contributed by atoms with Crippen LogP contribution in [0.4, 0.5) is 0 Å². The highest BCUT2D eigenvalue weighted by molar-refractivity contribution is 6.37. The van der Waals surface area contributed by atoms with Crippen LogP contribution in [0, 0.1) is 11.8 Å². The van der Waals surface area contributed by atoms with Crippen molar-refractivity contribution in [2.45, 2.75) is 19.3 Å². The van der Waals surface area contributed by atoms with Crippen LogP contribution in [-0.4, -0.2) is 20.2 Å². The van der Waals surface area contributed by atoms with Gasteiger partial charge in [-0.15, -0.1) is 0 Å². The lowest BCUT2D eigenvalue weighted by molar-refractivity contribution is -0.142. The van der Waals surface area contributed by atoms with Crippen LogP contribution in [0.3, 0.4) is 0 Å². The van der Waals surface area contributed by atoms with Gasteiger partial charge in [0.1, 0.15) is 0 Å². The van der Waals surface area contributed by atoms with Crippen molar-refractivity contribution in [1.82, 2.24) is 0 Å². The molecule has 0 aromatic heterocycles. The third kappa shape index (κ3) is 3.34. The first-order valence-corrected chi connectivity index (χ1v) is 6.92. The predicted octanol–water partition coefficient (Wildman–Crippen LogP) is 3.74. The molecule has 1 fully saturated rings. The number of carbonyl (C=O) groups excluding carboxylic acids is 1. The second-order valence-electron chi connectivity index (χ2n) is 4.76. The fraction of sp³-hybridized carbons (Fsp3) is 0.500. The minimum absolute atomic E-state index is 0.0780. The van der Waals surface area contributed by atoms with E-state index in [0.717, 1.165) is 24.8 Å². The number of hydrogen-bond acceptors (Lipinski definition) is 3. The first kappa shape index (κ1) is 14.5. The molecule has 2 rings (SSSR count). The SMILES string of the molecule is COC(=O)C1CC1CCc1cc(Cl)c(OC)c(Cl)c1. The maximum atomic E-state index is 11.3. The zero-order valence-electron chi connectivity index (χ0n) is 10.9. The molecular formula is C14H16Cl2O3. The van der Waals surface area contributed by atoms with Crippen molar-refractivity contribution >= 4 is 29.2 Å². The first-order chi connectivity index (χ1) is 9.06. The van der Waals surface area contributed by atoms with Crippen molar-refractivity contribution in [1.29, 1.82) is 0 Å². The van der Waals surface area contributed by atoms with E-state index in [2.05, 4.69) is 0 Å². The van der Waals surface area contributed by atoms with Gasteiger partial charge >= 0.3 is 5.97 Å². The fourth-order valence-electron chi connectivity index (χ4n) is 2.31. The van der Waals surface area contributed by atoms with Crippen LogP contribution < -0.4 is 4.74 Å². The highest BCUT2D eigenvalue weighted by Crippen LogP contribution is 2.43. The van der Waals surface area contributed by atoms with Crippen LogP contribution in [-0.2, 0) is 16.0 Å².